The van der Waals surface area contributed by atoms with Gasteiger partial charge in [0.2, 0.25) is 5.78 Å². The van der Waals surface area contributed by atoms with E-state index in [9.17, 15) is 19.2 Å². The van der Waals surface area contributed by atoms with Gasteiger partial charge in [0.25, 0.3) is 5.91 Å². The topological polar surface area (TPSA) is 91.8 Å². The molecule has 1 N–H and O–H groups in total. The molecule has 1 heterocycles. The van der Waals surface area contributed by atoms with Gasteiger partial charge in [-0.25, -0.2) is 0 Å². The van der Waals surface area contributed by atoms with Gasteiger partial charge in [0.05, 0.1) is 12.5 Å². The van der Waals surface area contributed by atoms with Crippen LogP contribution in [-0.2, 0) is 19.2 Å². The summed E-state index contributed by atoms with van der Waals surface area (Å²) < 4.78 is 0.823. The third-order valence-corrected chi connectivity index (χ3v) is 4.15. The van der Waals surface area contributed by atoms with Crippen LogP contribution in [0.1, 0.15) is 24.9 Å². The van der Waals surface area contributed by atoms with Crippen LogP contribution in [0.3, 0.4) is 0 Å². The minimum Gasteiger partial charge on any atom is -0.481 e. The first-order chi connectivity index (χ1) is 10.3. The smallest absolute Gasteiger partial charge is 0.305 e. The number of carbonyl (C=O) groups is 4. The molecule has 6 nitrogen and oxygen atoms in total. The molecule has 0 aromatic heterocycles. The molecule has 0 spiro atoms. The number of ketones is 2. The standard InChI is InChI=1S/C15H14BrNO5/c1-8(18)12-13(9-2-4-10(16)5-3-9)17(7-6-11(19)20)15(22)14(12)21/h2-5,12-13H,6-7H2,1H3,(H,19,20). The summed E-state index contributed by atoms with van der Waals surface area (Å²) in [7, 11) is 0. The van der Waals surface area contributed by atoms with Crippen LogP contribution in [0, 0.1) is 5.92 Å². The summed E-state index contributed by atoms with van der Waals surface area (Å²) in [6.45, 7) is 1.16. The minimum absolute atomic E-state index is 0.107. The first kappa shape index (κ1) is 16.4. The Morgan fingerprint density at radius 3 is 2.32 bits per heavy atom. The number of carboxylic acids is 1. The maximum atomic E-state index is 12.1. The number of likely N-dealkylation sites (tertiary alicyclic amines) is 1. The Hall–Kier alpha value is -2.02. The predicted molar refractivity (Wildman–Crippen MR) is 80.0 cm³/mol. The van der Waals surface area contributed by atoms with Gasteiger partial charge in [0, 0.05) is 11.0 Å². The van der Waals surface area contributed by atoms with Crippen LogP contribution in [0.25, 0.3) is 0 Å². The first-order valence-electron chi connectivity index (χ1n) is 6.65. The number of amides is 1. The number of nitrogens with zero attached hydrogens (tertiary/aromatic N) is 1. The fraction of sp³-hybridized carbons (Fsp3) is 0.333. The van der Waals surface area contributed by atoms with Crippen molar-refractivity contribution >= 4 is 39.4 Å². The van der Waals surface area contributed by atoms with Crippen LogP contribution in [0.2, 0.25) is 0 Å². The molecule has 0 saturated carbocycles. The molecule has 1 amide bonds. The molecule has 1 aromatic rings. The van der Waals surface area contributed by atoms with Crippen molar-refractivity contribution in [3.63, 3.8) is 0 Å². The fourth-order valence-corrected chi connectivity index (χ4v) is 2.88. The summed E-state index contributed by atoms with van der Waals surface area (Å²) in [6, 6.07) is 6.17. The molecule has 22 heavy (non-hydrogen) atoms. The molecule has 0 radical (unpaired) electrons. The van der Waals surface area contributed by atoms with Crippen molar-refractivity contribution < 1.29 is 24.3 Å². The summed E-state index contributed by atoms with van der Waals surface area (Å²) >= 11 is 3.29. The van der Waals surface area contributed by atoms with Crippen LogP contribution in [0.5, 0.6) is 0 Å². The first-order valence-corrected chi connectivity index (χ1v) is 7.44. The average Bonchev–Trinajstić information content (AvgIpc) is 2.70. The van der Waals surface area contributed by atoms with Crippen molar-refractivity contribution in [1.82, 2.24) is 4.90 Å². The molecule has 7 heteroatoms. The summed E-state index contributed by atoms with van der Waals surface area (Å²) in [5.41, 5.74) is 0.632. The molecule has 1 aliphatic rings. The van der Waals surface area contributed by atoms with Crippen LogP contribution in [0.15, 0.2) is 28.7 Å². The molecule has 2 atom stereocenters. The van der Waals surface area contributed by atoms with Gasteiger partial charge in [-0.3, -0.25) is 19.2 Å². The van der Waals surface area contributed by atoms with Crippen molar-refractivity contribution in [1.29, 1.82) is 0 Å². The summed E-state index contributed by atoms with van der Waals surface area (Å²) in [5, 5.41) is 8.80. The Morgan fingerprint density at radius 2 is 1.82 bits per heavy atom. The molecule has 116 valence electrons. The number of Topliss-reactive ketones (excluding diaryl/α,β-unsaturated/α-hetero) is 2. The number of benzene rings is 1. The lowest BCUT2D eigenvalue weighted by atomic mass is 9.90. The molecule has 1 aromatic carbocycles. The Labute approximate surface area is 135 Å². The summed E-state index contributed by atoms with van der Waals surface area (Å²) in [4.78, 5) is 47.9. The van der Waals surface area contributed by atoms with Crippen molar-refractivity contribution in [2.24, 2.45) is 5.92 Å². The molecule has 2 rings (SSSR count). The van der Waals surface area contributed by atoms with Crippen molar-refractivity contribution in [3.05, 3.63) is 34.3 Å². The summed E-state index contributed by atoms with van der Waals surface area (Å²) in [6.07, 6.45) is -0.281. The Morgan fingerprint density at radius 1 is 1.23 bits per heavy atom. The molecule has 1 fully saturated rings. The maximum absolute atomic E-state index is 12.1. The largest absolute Gasteiger partial charge is 0.481 e. The normalized spacial score (nSPS) is 21.3. The van der Waals surface area contributed by atoms with Gasteiger partial charge in [-0.05, 0) is 24.6 Å². The van der Waals surface area contributed by atoms with Crippen LogP contribution >= 0.6 is 15.9 Å². The van der Waals surface area contributed by atoms with Crippen molar-refractivity contribution in [2.75, 3.05) is 6.54 Å². The van der Waals surface area contributed by atoms with Crippen molar-refractivity contribution in [2.45, 2.75) is 19.4 Å². The van der Waals surface area contributed by atoms with E-state index in [1.54, 1.807) is 24.3 Å². The monoisotopic (exact) mass is 367 g/mol. The zero-order chi connectivity index (χ0) is 16.4. The zero-order valence-electron chi connectivity index (χ0n) is 11.8. The number of rotatable bonds is 5. The van der Waals surface area contributed by atoms with Gasteiger partial charge in [-0.1, -0.05) is 28.1 Å². The van der Waals surface area contributed by atoms with Crippen LogP contribution in [0.4, 0.5) is 0 Å². The van der Waals surface area contributed by atoms with Gasteiger partial charge in [-0.2, -0.15) is 0 Å². The highest BCUT2D eigenvalue weighted by Gasteiger charge is 2.50. The second-order valence-electron chi connectivity index (χ2n) is 5.09. The van der Waals surface area contributed by atoms with E-state index in [1.807, 2.05) is 0 Å². The molecule has 0 bridgehead atoms. The van der Waals surface area contributed by atoms with Crippen molar-refractivity contribution in [3.8, 4) is 0 Å². The van der Waals surface area contributed by atoms with E-state index in [2.05, 4.69) is 15.9 Å². The average molecular weight is 368 g/mol. The number of hydrogen-bond donors (Lipinski definition) is 1. The van der Waals surface area contributed by atoms with E-state index in [0.29, 0.717) is 5.56 Å². The van der Waals surface area contributed by atoms with Gasteiger partial charge in [0.15, 0.2) is 0 Å². The third kappa shape index (κ3) is 3.09. The lowest BCUT2D eigenvalue weighted by molar-refractivity contribution is -0.143. The second-order valence-corrected chi connectivity index (χ2v) is 6.01. The Bertz CT molecular complexity index is 640. The highest BCUT2D eigenvalue weighted by atomic mass is 79.9. The van der Waals surface area contributed by atoms with E-state index in [0.717, 1.165) is 4.47 Å². The molecule has 2 unspecified atom stereocenters. The van der Waals surface area contributed by atoms with E-state index in [1.165, 1.54) is 11.8 Å². The SMILES string of the molecule is CC(=O)C1C(=O)C(=O)N(CCC(=O)O)C1c1ccc(Br)cc1. The highest BCUT2D eigenvalue weighted by Crippen LogP contribution is 2.37. The van der Waals surface area contributed by atoms with E-state index in [-0.39, 0.29) is 13.0 Å². The predicted octanol–water partition coefficient (Wildman–Crippen LogP) is 1.58. The molecular weight excluding hydrogens is 354 g/mol. The minimum atomic E-state index is -1.08. The van der Waals surface area contributed by atoms with E-state index in [4.69, 9.17) is 5.11 Å². The molecule has 1 aliphatic heterocycles. The van der Waals surface area contributed by atoms with E-state index >= 15 is 0 Å². The molecule has 1 saturated heterocycles. The molecular formula is C15H14BrNO5. The lowest BCUT2D eigenvalue weighted by Gasteiger charge is -2.26. The zero-order valence-corrected chi connectivity index (χ0v) is 13.4. The number of aliphatic carboxylic acids is 1. The van der Waals surface area contributed by atoms with Gasteiger partial charge in [-0.15, -0.1) is 0 Å². The Kier molecular flexibility index (Phi) is 4.75. The number of hydrogen-bond acceptors (Lipinski definition) is 4. The van der Waals surface area contributed by atoms with Crippen LogP contribution < -0.4 is 0 Å². The van der Waals surface area contributed by atoms with Gasteiger partial charge in [0.1, 0.15) is 11.7 Å². The maximum Gasteiger partial charge on any atom is 0.305 e. The summed E-state index contributed by atoms with van der Waals surface area (Å²) in [5.74, 6) is -4.12. The highest BCUT2D eigenvalue weighted by molar-refractivity contribution is 9.10. The quantitative estimate of drug-likeness (QED) is 0.630. The van der Waals surface area contributed by atoms with Gasteiger partial charge < -0.3 is 10.0 Å². The number of carboxylic acid groups (broad SMARTS) is 1. The Balaban J connectivity index is 2.42. The lowest BCUT2D eigenvalue weighted by Crippen LogP contribution is -2.32. The number of carbonyl (C=O) groups excluding carboxylic acids is 3. The van der Waals surface area contributed by atoms with Gasteiger partial charge >= 0.3 is 5.97 Å². The second kappa shape index (κ2) is 6.39. The van der Waals surface area contributed by atoms with E-state index < -0.39 is 35.4 Å². The third-order valence-electron chi connectivity index (χ3n) is 3.62. The fourth-order valence-electron chi connectivity index (χ4n) is 2.62. The molecule has 0 aliphatic carbocycles. The number of halogens is 1. The van der Waals surface area contributed by atoms with Crippen LogP contribution in [-0.4, -0.2) is 40.0 Å².